The Morgan fingerprint density at radius 3 is 2.54 bits per heavy atom. The van der Waals surface area contributed by atoms with Crippen LogP contribution >= 0.6 is 11.6 Å². The van der Waals surface area contributed by atoms with E-state index in [1.54, 1.807) is 18.2 Å². The van der Waals surface area contributed by atoms with Gasteiger partial charge in [0.25, 0.3) is 0 Å². The maximum absolute atomic E-state index is 12.5. The molecule has 35 heavy (non-hydrogen) atoms. The summed E-state index contributed by atoms with van der Waals surface area (Å²) < 4.78 is 5.58. The molecule has 0 fully saturated rings. The molecule has 1 unspecified atom stereocenters. The van der Waals surface area contributed by atoms with Crippen LogP contribution in [0.4, 0.5) is 4.79 Å². The maximum Gasteiger partial charge on any atom is 0.407 e. The van der Waals surface area contributed by atoms with Crippen LogP contribution in [-0.2, 0) is 11.3 Å². The lowest BCUT2D eigenvalue weighted by atomic mass is 9.84. The smallest absolute Gasteiger partial charge is 0.407 e. The number of rotatable bonds is 7. The van der Waals surface area contributed by atoms with Gasteiger partial charge in [-0.05, 0) is 74.4 Å². The molecule has 0 saturated carbocycles. The number of halogens is 1. The summed E-state index contributed by atoms with van der Waals surface area (Å²) in [6.45, 7) is 10.2. The Bertz CT molecular complexity index is 1150. The molecule has 0 radical (unpaired) electrons. The molecule has 0 bridgehead atoms. The number of amides is 1. The zero-order valence-electron chi connectivity index (χ0n) is 20.7. The normalized spacial score (nSPS) is 15.8. The highest BCUT2D eigenvalue weighted by Crippen LogP contribution is 2.37. The Labute approximate surface area is 210 Å². The van der Waals surface area contributed by atoms with E-state index in [1.165, 1.54) is 11.0 Å². The van der Waals surface area contributed by atoms with Crippen LogP contribution in [0.25, 0.3) is 0 Å². The monoisotopic (exact) mass is 501 g/mol. The van der Waals surface area contributed by atoms with Gasteiger partial charge in [-0.15, -0.1) is 0 Å². The Hall–Kier alpha value is -3.26. The number of ether oxygens (including phenoxy) is 1. The largest absolute Gasteiger partial charge is 0.489 e. The number of benzene rings is 2. The van der Waals surface area contributed by atoms with Crippen molar-refractivity contribution in [3.8, 4) is 5.75 Å². The topological polar surface area (TPSA) is 114 Å². The summed E-state index contributed by atoms with van der Waals surface area (Å²) in [5.41, 5.74) is 9.98. The summed E-state index contributed by atoms with van der Waals surface area (Å²) in [5.74, 6) is 0.169. The van der Waals surface area contributed by atoms with Gasteiger partial charge >= 0.3 is 12.1 Å². The highest BCUT2D eigenvalue weighted by atomic mass is 35.5. The second-order valence-corrected chi connectivity index (χ2v) is 9.75. The fraction of sp³-hybridized carbons (Fsp3) is 0.423. The zero-order valence-corrected chi connectivity index (χ0v) is 21.4. The average Bonchev–Trinajstić information content (AvgIpc) is 2.78. The van der Waals surface area contributed by atoms with Crippen LogP contribution in [0.1, 0.15) is 72.8 Å². The molecule has 0 aromatic heterocycles. The molecular weight excluding hydrogens is 470 g/mol. The molecule has 1 amide bonds. The van der Waals surface area contributed by atoms with E-state index in [2.05, 4.69) is 19.0 Å². The van der Waals surface area contributed by atoms with Gasteiger partial charge in [-0.3, -0.25) is 0 Å². The quantitative estimate of drug-likeness (QED) is 0.223. The molecule has 8 nitrogen and oxygen atoms in total. The second-order valence-electron chi connectivity index (χ2n) is 9.34. The number of hydrogen-bond acceptors (Lipinski definition) is 5. The molecule has 1 aliphatic heterocycles. The van der Waals surface area contributed by atoms with Crippen molar-refractivity contribution in [2.24, 2.45) is 16.8 Å². The molecule has 0 saturated heterocycles. The fourth-order valence-corrected chi connectivity index (χ4v) is 4.58. The van der Waals surface area contributed by atoms with Crippen molar-refractivity contribution in [1.82, 2.24) is 4.90 Å². The third-order valence-corrected chi connectivity index (χ3v) is 6.24. The molecule has 0 aliphatic carbocycles. The summed E-state index contributed by atoms with van der Waals surface area (Å²) in [4.78, 5) is 30.9. The van der Waals surface area contributed by atoms with Gasteiger partial charge < -0.3 is 25.3 Å². The van der Waals surface area contributed by atoms with Gasteiger partial charge in [0.2, 0.25) is 0 Å². The Morgan fingerprint density at radius 1 is 1.23 bits per heavy atom. The Balaban J connectivity index is 1.82. The molecule has 3 N–H and O–H groups in total. The first-order valence-electron chi connectivity index (χ1n) is 11.6. The number of hydrogen-bond donors (Lipinski definition) is 2. The molecular formula is C26H32ClN3O5. The molecule has 188 valence electrons. The van der Waals surface area contributed by atoms with Gasteiger partial charge in [-0.1, -0.05) is 42.7 Å². The molecule has 3 rings (SSSR count). The van der Waals surface area contributed by atoms with Gasteiger partial charge in [0, 0.05) is 12.1 Å². The van der Waals surface area contributed by atoms with Crippen molar-refractivity contribution >= 4 is 29.5 Å². The van der Waals surface area contributed by atoms with Crippen LogP contribution in [0.2, 0.25) is 5.02 Å². The molecule has 2 aromatic rings. The lowest BCUT2D eigenvalue weighted by Gasteiger charge is -2.37. The number of carboxylic acid groups (broad SMARTS) is 1. The first-order chi connectivity index (χ1) is 16.5. The number of carbonyl (C=O) groups excluding carboxylic acids is 1. The van der Waals surface area contributed by atoms with E-state index in [-0.39, 0.29) is 23.5 Å². The minimum atomic E-state index is -0.917. The lowest BCUT2D eigenvalue weighted by molar-refractivity contribution is 0.0516. The summed E-state index contributed by atoms with van der Waals surface area (Å²) in [6.07, 6.45) is 0.331. The van der Waals surface area contributed by atoms with E-state index in [1.807, 2.05) is 26.8 Å². The van der Waals surface area contributed by atoms with Crippen LogP contribution in [0.5, 0.6) is 5.75 Å². The highest BCUT2D eigenvalue weighted by Gasteiger charge is 2.32. The van der Waals surface area contributed by atoms with Gasteiger partial charge in [0.15, 0.2) is 5.84 Å². The van der Waals surface area contributed by atoms with Crippen LogP contribution in [0.3, 0.4) is 0 Å². The summed E-state index contributed by atoms with van der Waals surface area (Å²) in [7, 11) is 0. The van der Waals surface area contributed by atoms with Gasteiger partial charge in [-0.25, -0.2) is 9.59 Å². The summed E-state index contributed by atoms with van der Waals surface area (Å²) >= 11 is 6.20. The van der Waals surface area contributed by atoms with Crippen LogP contribution in [-0.4, -0.2) is 40.6 Å². The molecule has 2 aromatic carbocycles. The number of nitrogens with two attached hydrogens (primary N) is 1. The Kier molecular flexibility index (Phi) is 8.27. The van der Waals surface area contributed by atoms with Crippen molar-refractivity contribution in [2.45, 2.75) is 59.6 Å². The second kappa shape index (κ2) is 11.0. The minimum Gasteiger partial charge on any atom is -0.489 e. The van der Waals surface area contributed by atoms with Crippen LogP contribution in [0, 0.1) is 12.8 Å². The van der Waals surface area contributed by atoms with Crippen molar-refractivity contribution in [1.29, 1.82) is 0 Å². The first-order valence-corrected chi connectivity index (χ1v) is 12.0. The van der Waals surface area contributed by atoms with Crippen molar-refractivity contribution in [2.75, 3.05) is 6.54 Å². The number of fused-ring (bicyclic) bond motifs is 1. The molecule has 1 heterocycles. The number of amidine groups is 1. The van der Waals surface area contributed by atoms with E-state index in [0.717, 1.165) is 23.1 Å². The average molecular weight is 502 g/mol. The minimum absolute atomic E-state index is 0.0533. The molecule has 1 atom stereocenters. The first kappa shape index (κ1) is 26.3. The SMILES string of the molecule is Cc1c(C(N)=NOC(=O)c2ccc(OC(C)C)c(Cl)c2)ccc2c1CCN(C(=O)O)C2CC(C)C. The van der Waals surface area contributed by atoms with Crippen LogP contribution in [0.15, 0.2) is 35.5 Å². The van der Waals surface area contributed by atoms with E-state index in [0.29, 0.717) is 35.2 Å². The van der Waals surface area contributed by atoms with Crippen LogP contribution < -0.4 is 10.5 Å². The Morgan fingerprint density at radius 2 is 1.94 bits per heavy atom. The zero-order chi connectivity index (χ0) is 25.9. The van der Waals surface area contributed by atoms with E-state index in [4.69, 9.17) is 26.9 Å². The number of oxime groups is 1. The third kappa shape index (κ3) is 6.06. The molecule has 1 aliphatic rings. The van der Waals surface area contributed by atoms with Crippen molar-refractivity contribution in [3.63, 3.8) is 0 Å². The number of nitrogens with zero attached hydrogens (tertiary/aromatic N) is 2. The number of carbonyl (C=O) groups is 2. The summed E-state index contributed by atoms with van der Waals surface area (Å²) in [6, 6.07) is 8.09. The lowest BCUT2D eigenvalue weighted by Crippen LogP contribution is -2.40. The highest BCUT2D eigenvalue weighted by molar-refractivity contribution is 6.32. The van der Waals surface area contributed by atoms with Crippen molar-refractivity contribution < 1.29 is 24.3 Å². The maximum atomic E-state index is 12.5. The predicted octanol–water partition coefficient (Wildman–Crippen LogP) is 5.54. The van der Waals surface area contributed by atoms with Crippen molar-refractivity contribution in [3.05, 3.63) is 63.2 Å². The fourth-order valence-electron chi connectivity index (χ4n) is 4.35. The van der Waals surface area contributed by atoms with Gasteiger partial charge in [0.05, 0.1) is 22.7 Å². The van der Waals surface area contributed by atoms with Gasteiger partial charge in [0.1, 0.15) is 5.75 Å². The molecule has 0 spiro atoms. The standard InChI is InChI=1S/C26H32ClN3O5/c1-14(2)12-22-20-8-7-19(16(5)18(20)10-11-30(22)26(32)33)24(28)29-35-25(31)17-6-9-23(21(27)13-17)34-15(3)4/h6-9,13-15,22H,10-12H2,1-5H3,(H2,28,29)(H,32,33). The molecule has 9 heteroatoms. The van der Waals surface area contributed by atoms with E-state index >= 15 is 0 Å². The van der Waals surface area contributed by atoms with E-state index < -0.39 is 12.1 Å². The van der Waals surface area contributed by atoms with E-state index in [9.17, 15) is 14.7 Å². The van der Waals surface area contributed by atoms with Gasteiger partial charge in [-0.2, -0.15) is 0 Å². The predicted molar refractivity (Wildman–Crippen MR) is 135 cm³/mol. The summed E-state index contributed by atoms with van der Waals surface area (Å²) in [5, 5.41) is 13.8. The third-order valence-electron chi connectivity index (χ3n) is 5.95.